The van der Waals surface area contributed by atoms with Crippen molar-refractivity contribution in [2.45, 2.75) is 34.2 Å². The van der Waals surface area contributed by atoms with E-state index in [-0.39, 0.29) is 0 Å². The molecule has 0 aliphatic carbocycles. The molecule has 3 rings (SSSR count). The summed E-state index contributed by atoms with van der Waals surface area (Å²) in [5.74, 6) is 0.729. The number of pyridine rings is 1. The van der Waals surface area contributed by atoms with Gasteiger partial charge in [0.1, 0.15) is 6.33 Å². The largest absolute Gasteiger partial charge is 0.326 e. The summed E-state index contributed by atoms with van der Waals surface area (Å²) in [6.45, 7) is 8.45. The van der Waals surface area contributed by atoms with Crippen LogP contribution in [0.2, 0.25) is 0 Å². The monoisotopic (exact) mass is 282 g/mol. The molecule has 0 aromatic carbocycles. The third kappa shape index (κ3) is 2.08. The zero-order chi connectivity index (χ0) is 15.1. The van der Waals surface area contributed by atoms with Gasteiger partial charge in [0.2, 0.25) is 0 Å². The predicted molar refractivity (Wildman–Crippen MR) is 81.3 cm³/mol. The Labute approximate surface area is 123 Å². The van der Waals surface area contributed by atoms with Gasteiger partial charge < -0.3 is 5.73 Å². The van der Waals surface area contributed by atoms with E-state index in [9.17, 15) is 0 Å². The summed E-state index contributed by atoms with van der Waals surface area (Å²) in [6, 6.07) is 1.90. The van der Waals surface area contributed by atoms with E-state index in [1.807, 2.05) is 26.8 Å². The van der Waals surface area contributed by atoms with Gasteiger partial charge in [-0.05, 0) is 38.8 Å². The second-order valence-corrected chi connectivity index (χ2v) is 5.22. The van der Waals surface area contributed by atoms with Crippen molar-refractivity contribution in [3.63, 3.8) is 0 Å². The molecule has 0 aliphatic rings. The van der Waals surface area contributed by atoms with Gasteiger partial charge in [-0.3, -0.25) is 0 Å². The molecular weight excluding hydrogens is 264 g/mol. The lowest BCUT2D eigenvalue weighted by Crippen LogP contribution is -2.07. The Morgan fingerprint density at radius 1 is 1.10 bits per heavy atom. The molecule has 0 saturated carbocycles. The lowest BCUT2D eigenvalue weighted by molar-refractivity contribution is 0.833. The van der Waals surface area contributed by atoms with Gasteiger partial charge in [-0.25, -0.2) is 15.0 Å². The van der Waals surface area contributed by atoms with Gasteiger partial charge in [-0.15, -0.1) is 0 Å². The van der Waals surface area contributed by atoms with Gasteiger partial charge in [0.15, 0.2) is 11.5 Å². The van der Waals surface area contributed by atoms with Crippen molar-refractivity contribution in [1.82, 2.24) is 24.7 Å². The standard InChI is InChI=1S/C15H18N6/c1-8-5-13(18-7-17-8)21-15-14(11(4)20-21)9(2)12(6-16)10(3)19-15/h5,7H,6,16H2,1-4H3. The minimum absolute atomic E-state index is 0.484. The Hall–Kier alpha value is -2.34. The number of hydrogen-bond donors (Lipinski definition) is 1. The van der Waals surface area contributed by atoms with E-state index in [0.717, 1.165) is 45.1 Å². The fourth-order valence-electron chi connectivity index (χ4n) is 2.72. The van der Waals surface area contributed by atoms with Crippen molar-refractivity contribution in [2.75, 3.05) is 0 Å². The number of rotatable bonds is 2. The van der Waals surface area contributed by atoms with E-state index >= 15 is 0 Å². The number of aryl methyl sites for hydroxylation is 4. The third-order valence-corrected chi connectivity index (χ3v) is 3.78. The first-order valence-corrected chi connectivity index (χ1v) is 6.87. The highest BCUT2D eigenvalue weighted by Gasteiger charge is 2.17. The molecule has 0 spiro atoms. The molecule has 6 nitrogen and oxygen atoms in total. The molecular formula is C15H18N6. The number of hydrogen-bond acceptors (Lipinski definition) is 5. The molecule has 0 unspecified atom stereocenters. The Morgan fingerprint density at radius 3 is 2.52 bits per heavy atom. The van der Waals surface area contributed by atoms with Gasteiger partial charge in [0, 0.05) is 29.4 Å². The van der Waals surface area contributed by atoms with Crippen LogP contribution in [0.5, 0.6) is 0 Å². The van der Waals surface area contributed by atoms with Crippen molar-refractivity contribution in [3.8, 4) is 5.82 Å². The van der Waals surface area contributed by atoms with Crippen LogP contribution >= 0.6 is 0 Å². The number of nitrogens with two attached hydrogens (primary N) is 1. The quantitative estimate of drug-likeness (QED) is 0.776. The minimum atomic E-state index is 0.484. The SMILES string of the molecule is Cc1cc(-n2nc(C)c3c(C)c(CN)c(C)nc32)ncn1. The van der Waals surface area contributed by atoms with Crippen LogP contribution in [0.3, 0.4) is 0 Å². The molecule has 108 valence electrons. The summed E-state index contributed by atoms with van der Waals surface area (Å²) in [5.41, 5.74) is 11.7. The van der Waals surface area contributed by atoms with E-state index in [4.69, 9.17) is 10.7 Å². The average Bonchev–Trinajstić information content (AvgIpc) is 2.76. The second kappa shape index (κ2) is 4.89. The Bertz CT molecular complexity index is 834. The van der Waals surface area contributed by atoms with Gasteiger partial charge in [0.25, 0.3) is 0 Å². The van der Waals surface area contributed by atoms with Crippen LogP contribution in [0, 0.1) is 27.7 Å². The molecule has 2 N–H and O–H groups in total. The van der Waals surface area contributed by atoms with E-state index < -0.39 is 0 Å². The van der Waals surface area contributed by atoms with Crippen LogP contribution < -0.4 is 5.73 Å². The van der Waals surface area contributed by atoms with Crippen molar-refractivity contribution >= 4 is 11.0 Å². The molecule has 21 heavy (non-hydrogen) atoms. The molecule has 0 amide bonds. The number of aromatic nitrogens is 5. The first-order chi connectivity index (χ1) is 10.0. The summed E-state index contributed by atoms with van der Waals surface area (Å²) in [4.78, 5) is 13.1. The second-order valence-electron chi connectivity index (χ2n) is 5.22. The fourth-order valence-corrected chi connectivity index (χ4v) is 2.72. The average molecular weight is 282 g/mol. The summed E-state index contributed by atoms with van der Waals surface area (Å²) in [6.07, 6.45) is 1.54. The molecule has 6 heteroatoms. The third-order valence-electron chi connectivity index (χ3n) is 3.78. The van der Waals surface area contributed by atoms with E-state index in [0.29, 0.717) is 6.54 Å². The molecule has 3 heterocycles. The Morgan fingerprint density at radius 2 is 1.86 bits per heavy atom. The Kier molecular flexibility index (Phi) is 3.17. The summed E-state index contributed by atoms with van der Waals surface area (Å²) >= 11 is 0. The van der Waals surface area contributed by atoms with Crippen LogP contribution in [-0.2, 0) is 6.54 Å². The van der Waals surface area contributed by atoms with Crippen molar-refractivity contribution in [2.24, 2.45) is 5.73 Å². The zero-order valence-corrected chi connectivity index (χ0v) is 12.7. The molecule has 3 aromatic rings. The van der Waals surface area contributed by atoms with Gasteiger partial charge in [0.05, 0.1) is 5.69 Å². The van der Waals surface area contributed by atoms with Crippen molar-refractivity contribution < 1.29 is 0 Å². The van der Waals surface area contributed by atoms with Crippen LogP contribution in [0.1, 0.15) is 28.2 Å². The maximum absolute atomic E-state index is 5.84. The molecule has 0 atom stereocenters. The minimum Gasteiger partial charge on any atom is -0.326 e. The molecule has 0 bridgehead atoms. The van der Waals surface area contributed by atoms with Crippen LogP contribution in [0.4, 0.5) is 0 Å². The van der Waals surface area contributed by atoms with Crippen molar-refractivity contribution in [3.05, 3.63) is 40.6 Å². The van der Waals surface area contributed by atoms with Gasteiger partial charge in [-0.1, -0.05) is 0 Å². The fraction of sp³-hybridized carbons (Fsp3) is 0.333. The first-order valence-electron chi connectivity index (χ1n) is 6.87. The van der Waals surface area contributed by atoms with Crippen molar-refractivity contribution in [1.29, 1.82) is 0 Å². The molecule has 0 saturated heterocycles. The summed E-state index contributed by atoms with van der Waals surface area (Å²) in [7, 11) is 0. The Balaban J connectivity index is 2.36. The highest BCUT2D eigenvalue weighted by atomic mass is 15.3. The molecule has 0 radical (unpaired) electrons. The lowest BCUT2D eigenvalue weighted by atomic mass is 10.0. The maximum Gasteiger partial charge on any atom is 0.165 e. The molecule has 0 fully saturated rings. The number of fused-ring (bicyclic) bond motifs is 1. The lowest BCUT2D eigenvalue weighted by Gasteiger charge is -2.09. The smallest absolute Gasteiger partial charge is 0.165 e. The van der Waals surface area contributed by atoms with E-state index in [1.54, 1.807) is 11.0 Å². The number of nitrogens with zero attached hydrogens (tertiary/aromatic N) is 5. The van der Waals surface area contributed by atoms with Crippen LogP contribution in [-0.4, -0.2) is 24.7 Å². The van der Waals surface area contributed by atoms with E-state index in [2.05, 4.69) is 22.0 Å². The van der Waals surface area contributed by atoms with Crippen LogP contribution in [0.15, 0.2) is 12.4 Å². The predicted octanol–water partition coefficient (Wildman–Crippen LogP) is 1.90. The van der Waals surface area contributed by atoms with Gasteiger partial charge in [-0.2, -0.15) is 9.78 Å². The summed E-state index contributed by atoms with van der Waals surface area (Å²) in [5, 5.41) is 5.65. The van der Waals surface area contributed by atoms with Crippen LogP contribution in [0.25, 0.3) is 16.9 Å². The van der Waals surface area contributed by atoms with E-state index in [1.165, 1.54) is 0 Å². The van der Waals surface area contributed by atoms with Gasteiger partial charge >= 0.3 is 0 Å². The normalized spacial score (nSPS) is 11.3. The zero-order valence-electron chi connectivity index (χ0n) is 12.7. The first kappa shape index (κ1) is 13.6. The molecule has 0 aliphatic heterocycles. The topological polar surface area (TPSA) is 82.5 Å². The highest BCUT2D eigenvalue weighted by molar-refractivity contribution is 5.84. The summed E-state index contributed by atoms with van der Waals surface area (Å²) < 4.78 is 1.78. The highest BCUT2D eigenvalue weighted by Crippen LogP contribution is 2.26. The maximum atomic E-state index is 5.84. The molecule has 3 aromatic heterocycles.